The molecule has 5 aromatic rings. The monoisotopic (exact) mass is 688 g/mol. The van der Waals surface area contributed by atoms with E-state index in [0.29, 0.717) is 24.3 Å². The number of carboxylic acids is 1. The van der Waals surface area contributed by atoms with Crippen molar-refractivity contribution < 1.29 is 19.4 Å². The van der Waals surface area contributed by atoms with E-state index in [1.807, 2.05) is 75.4 Å². The molecule has 7 heteroatoms. The van der Waals surface area contributed by atoms with Crippen molar-refractivity contribution in [3.05, 3.63) is 105 Å². The van der Waals surface area contributed by atoms with E-state index in [9.17, 15) is 14.7 Å². The van der Waals surface area contributed by atoms with Gasteiger partial charge in [0.05, 0.1) is 16.6 Å². The Kier molecular flexibility index (Phi) is 8.65. The van der Waals surface area contributed by atoms with E-state index >= 15 is 0 Å². The number of fused-ring (bicyclic) bond motifs is 2. The molecule has 5 rings (SSSR count). The summed E-state index contributed by atoms with van der Waals surface area (Å²) in [5.74, 6) is -0.272. The number of ketones is 1. The number of hydrogen-bond acceptors (Lipinski definition) is 4. The molecule has 0 fully saturated rings. The minimum atomic E-state index is -1.07. The number of benzene rings is 3. The first-order valence-electron chi connectivity index (χ1n) is 14.4. The van der Waals surface area contributed by atoms with Crippen molar-refractivity contribution in [1.82, 2.24) is 9.55 Å². The smallest absolute Gasteiger partial charge is 0.309 e. The van der Waals surface area contributed by atoms with Gasteiger partial charge in [0.25, 0.3) is 0 Å². The summed E-state index contributed by atoms with van der Waals surface area (Å²) in [7, 11) is 0. The molecule has 0 radical (unpaired) electrons. The molecule has 0 amide bonds. The van der Waals surface area contributed by atoms with Gasteiger partial charge in [-0.05, 0) is 89.9 Å². The topological polar surface area (TPSA) is 81.4 Å². The third-order valence-corrected chi connectivity index (χ3v) is 8.32. The van der Waals surface area contributed by atoms with Crippen LogP contribution in [0.5, 0.6) is 5.75 Å². The van der Waals surface area contributed by atoms with Gasteiger partial charge in [0, 0.05) is 50.5 Å². The molecule has 0 aliphatic heterocycles. The number of Topliss-reactive ketones (excluding diaryl/α,β-unsaturated/α-hetero) is 1. The second-order valence-electron chi connectivity index (χ2n) is 13.0. The Morgan fingerprint density at radius 2 is 1.65 bits per heavy atom. The average Bonchev–Trinajstić information content (AvgIpc) is 3.23. The van der Waals surface area contributed by atoms with Crippen LogP contribution in [-0.2, 0) is 24.4 Å². The average molecular weight is 689 g/mol. The largest absolute Gasteiger partial charge is 0.487 e. The molecule has 0 aliphatic rings. The summed E-state index contributed by atoms with van der Waals surface area (Å²) in [6, 6.07) is 26.0. The van der Waals surface area contributed by atoms with Gasteiger partial charge in [-0.15, -0.1) is 0 Å². The number of hydrogen-bond donors (Lipinski definition) is 1. The summed E-state index contributed by atoms with van der Waals surface area (Å²) in [6.07, 6.45) is 0.548. The van der Waals surface area contributed by atoms with Gasteiger partial charge in [-0.25, -0.2) is 4.98 Å². The Morgan fingerprint density at radius 1 is 0.930 bits per heavy atom. The van der Waals surface area contributed by atoms with Crippen LogP contribution >= 0.6 is 22.6 Å². The lowest BCUT2D eigenvalue weighted by Crippen LogP contribution is -2.28. The highest BCUT2D eigenvalue weighted by Gasteiger charge is 2.34. The van der Waals surface area contributed by atoms with E-state index in [0.717, 1.165) is 42.3 Å². The number of aliphatic carboxylic acids is 1. The third-order valence-electron chi connectivity index (χ3n) is 7.60. The molecule has 2 aromatic heterocycles. The van der Waals surface area contributed by atoms with Crippen molar-refractivity contribution in [2.45, 2.75) is 60.6 Å². The number of carboxylic acid groups (broad SMARTS) is 1. The predicted octanol–water partition coefficient (Wildman–Crippen LogP) is 8.69. The van der Waals surface area contributed by atoms with Crippen molar-refractivity contribution in [1.29, 1.82) is 0 Å². The van der Waals surface area contributed by atoms with Crippen molar-refractivity contribution in [2.24, 2.45) is 10.8 Å². The molecule has 43 heavy (non-hydrogen) atoms. The van der Waals surface area contributed by atoms with Gasteiger partial charge in [-0.2, -0.15) is 0 Å². The maximum Gasteiger partial charge on any atom is 0.309 e. The molecule has 1 N–H and O–H groups in total. The molecule has 222 valence electrons. The summed E-state index contributed by atoms with van der Waals surface area (Å²) in [5, 5.41) is 11.9. The van der Waals surface area contributed by atoms with Crippen LogP contribution < -0.4 is 4.74 Å². The summed E-state index contributed by atoms with van der Waals surface area (Å²) in [5.41, 5.74) is 3.68. The first-order valence-corrected chi connectivity index (χ1v) is 15.5. The van der Waals surface area contributed by atoms with Crippen molar-refractivity contribution in [2.75, 3.05) is 0 Å². The van der Waals surface area contributed by atoms with Gasteiger partial charge < -0.3 is 14.4 Å². The van der Waals surface area contributed by atoms with Crippen LogP contribution in [0.3, 0.4) is 0 Å². The zero-order valence-corrected chi connectivity index (χ0v) is 27.4. The Balaban J connectivity index is 1.62. The van der Waals surface area contributed by atoms with E-state index < -0.39 is 11.4 Å². The van der Waals surface area contributed by atoms with Crippen molar-refractivity contribution in [3.8, 4) is 5.75 Å². The van der Waals surface area contributed by atoms with Crippen LogP contribution in [0.4, 0.5) is 0 Å². The highest BCUT2D eigenvalue weighted by molar-refractivity contribution is 14.1. The van der Waals surface area contributed by atoms with Crippen molar-refractivity contribution >= 4 is 56.1 Å². The highest BCUT2D eigenvalue weighted by Crippen LogP contribution is 2.37. The van der Waals surface area contributed by atoms with Gasteiger partial charge >= 0.3 is 5.97 Å². The molecule has 0 spiro atoms. The first-order chi connectivity index (χ1) is 20.3. The van der Waals surface area contributed by atoms with Crippen LogP contribution in [0.25, 0.3) is 21.8 Å². The van der Waals surface area contributed by atoms with E-state index in [1.54, 1.807) is 13.8 Å². The maximum absolute atomic E-state index is 14.1. The standard InChI is InChI=1S/C36H37IN2O4/c1-35(2,3)20-32(40)33-28-18-27(43-22-26-15-12-24-8-6-7-9-29(24)38-26)16-17-30(28)39(21-23-10-13-25(37)14-11-23)31(33)19-36(4,5)34(41)42/h6-18H,19-22H2,1-5H3,(H,41,42). The number of carbonyl (C=O) groups excluding carboxylic acids is 1. The minimum Gasteiger partial charge on any atom is -0.487 e. The lowest BCUT2D eigenvalue weighted by atomic mass is 9.83. The number of para-hydroxylation sites is 1. The SMILES string of the molecule is CC(C)(C)CC(=O)c1c(CC(C)(C)C(=O)O)n(Cc2ccc(I)cc2)c2ccc(OCc3ccc4ccccc4n3)cc12. The van der Waals surface area contributed by atoms with Crippen molar-refractivity contribution in [3.63, 3.8) is 0 Å². The van der Waals surface area contributed by atoms with Gasteiger partial charge in [0.1, 0.15) is 12.4 Å². The number of nitrogens with zero attached hydrogens (tertiary/aromatic N) is 2. The molecule has 0 aliphatic carbocycles. The molecule has 3 aromatic carbocycles. The molecule has 0 unspecified atom stereocenters. The zero-order chi connectivity index (χ0) is 30.9. The number of rotatable bonds is 10. The molecule has 0 atom stereocenters. The molecule has 0 saturated heterocycles. The van der Waals surface area contributed by atoms with Gasteiger partial charge in [0.2, 0.25) is 0 Å². The normalized spacial score (nSPS) is 12.1. The predicted molar refractivity (Wildman–Crippen MR) is 180 cm³/mol. The van der Waals surface area contributed by atoms with Gasteiger partial charge in [0.15, 0.2) is 5.78 Å². The molecule has 6 nitrogen and oxygen atoms in total. The molecular weight excluding hydrogens is 651 g/mol. The van der Waals surface area contributed by atoms with E-state index in [4.69, 9.17) is 9.72 Å². The second kappa shape index (κ2) is 12.1. The Morgan fingerprint density at radius 3 is 2.35 bits per heavy atom. The van der Waals surface area contributed by atoms with Gasteiger partial charge in [-0.1, -0.05) is 57.2 Å². The fourth-order valence-corrected chi connectivity index (χ4v) is 5.69. The van der Waals surface area contributed by atoms with Crippen LogP contribution in [-0.4, -0.2) is 26.4 Å². The number of carbonyl (C=O) groups is 2. The van der Waals surface area contributed by atoms with E-state index in [1.165, 1.54) is 0 Å². The lowest BCUT2D eigenvalue weighted by Gasteiger charge is -2.23. The fraction of sp³-hybridized carbons (Fsp3) is 0.306. The summed E-state index contributed by atoms with van der Waals surface area (Å²) in [4.78, 5) is 31.1. The molecular formula is C36H37IN2O4. The van der Waals surface area contributed by atoms with Crippen LogP contribution in [0.2, 0.25) is 0 Å². The Bertz CT molecular complexity index is 1810. The summed E-state index contributed by atoms with van der Waals surface area (Å²) < 4.78 is 9.48. The summed E-state index contributed by atoms with van der Waals surface area (Å²) >= 11 is 2.28. The van der Waals surface area contributed by atoms with Gasteiger partial charge in [-0.3, -0.25) is 9.59 Å². The number of aromatic nitrogens is 2. The lowest BCUT2D eigenvalue weighted by molar-refractivity contribution is -0.146. The second-order valence-corrected chi connectivity index (χ2v) is 14.3. The number of ether oxygens (including phenoxy) is 1. The Labute approximate surface area is 266 Å². The first kappa shape index (κ1) is 30.7. The number of halogens is 1. The molecule has 2 heterocycles. The zero-order valence-electron chi connectivity index (χ0n) is 25.3. The quantitative estimate of drug-likeness (QED) is 0.117. The molecule has 0 bridgehead atoms. The van der Waals surface area contributed by atoms with Crippen LogP contribution in [0, 0.1) is 14.4 Å². The fourth-order valence-electron chi connectivity index (χ4n) is 5.33. The maximum atomic E-state index is 14.1. The summed E-state index contributed by atoms with van der Waals surface area (Å²) in [6.45, 7) is 10.4. The van der Waals surface area contributed by atoms with E-state index in [-0.39, 0.29) is 24.2 Å². The third kappa shape index (κ3) is 7.09. The van der Waals surface area contributed by atoms with Crippen LogP contribution in [0.15, 0.2) is 78.9 Å². The Hall–Kier alpha value is -3.72. The minimum absolute atomic E-state index is 0.00314. The van der Waals surface area contributed by atoms with Crippen LogP contribution in [0.1, 0.15) is 68.3 Å². The van der Waals surface area contributed by atoms with E-state index in [2.05, 4.69) is 51.4 Å². The number of pyridine rings is 1. The molecule has 0 saturated carbocycles. The highest BCUT2D eigenvalue weighted by atomic mass is 127.